The van der Waals surface area contributed by atoms with Crippen LogP contribution in [0.3, 0.4) is 0 Å². The van der Waals surface area contributed by atoms with Crippen molar-refractivity contribution in [2.75, 3.05) is 14.2 Å². The van der Waals surface area contributed by atoms with Crippen LogP contribution in [-0.4, -0.2) is 19.1 Å². The highest BCUT2D eigenvalue weighted by atomic mass is 19.1. The van der Waals surface area contributed by atoms with Crippen molar-refractivity contribution in [1.82, 2.24) is 4.90 Å². The van der Waals surface area contributed by atoms with Crippen LogP contribution in [0.4, 0.5) is 4.39 Å². The van der Waals surface area contributed by atoms with Gasteiger partial charge in [0.25, 0.3) is 0 Å². The number of hydrogen-bond donors (Lipinski definition) is 0. The Balaban J connectivity index is 1.89. The largest absolute Gasteiger partial charge is 0.497 e. The average molecular weight is 327 g/mol. The maximum atomic E-state index is 13.8. The summed E-state index contributed by atoms with van der Waals surface area (Å²) in [7, 11) is 3.45. The molecule has 0 bridgehead atoms. The van der Waals surface area contributed by atoms with E-state index in [1.807, 2.05) is 30.1 Å². The summed E-state index contributed by atoms with van der Waals surface area (Å²) in [4.78, 5) is 13.8. The quantitative estimate of drug-likeness (QED) is 0.672. The van der Waals surface area contributed by atoms with E-state index in [9.17, 15) is 9.18 Å². The predicted molar refractivity (Wildman–Crippen MR) is 90.6 cm³/mol. The number of halogens is 1. The topological polar surface area (TPSA) is 42.7 Å². The Hall–Kier alpha value is -2.66. The Morgan fingerprint density at radius 2 is 1.83 bits per heavy atom. The van der Waals surface area contributed by atoms with E-state index in [1.54, 1.807) is 25.3 Å². The molecule has 0 N–H and O–H groups in total. The molecule has 0 aliphatic rings. The smallest absolute Gasteiger partial charge is 0.336 e. The van der Waals surface area contributed by atoms with Crippen LogP contribution in [0.5, 0.6) is 5.75 Å². The standard InChI is InChI=1S/C19H18FNO3/c1-21(11-13-5-3-4-6-17(13)20)12-14-9-19(22)24-18-10-15(23-2)7-8-16(14)18/h3-10H,11-12H2,1-2H3. The summed E-state index contributed by atoms with van der Waals surface area (Å²) in [6, 6.07) is 13.5. The van der Waals surface area contributed by atoms with Gasteiger partial charge in [0.05, 0.1) is 7.11 Å². The molecule has 0 aliphatic heterocycles. The summed E-state index contributed by atoms with van der Waals surface area (Å²) in [6.07, 6.45) is 0. The number of benzene rings is 2. The molecule has 2 aromatic carbocycles. The number of ether oxygens (including phenoxy) is 1. The van der Waals surface area contributed by atoms with Crippen molar-refractivity contribution in [2.45, 2.75) is 13.1 Å². The van der Waals surface area contributed by atoms with Crippen LogP contribution in [0.25, 0.3) is 11.0 Å². The van der Waals surface area contributed by atoms with E-state index >= 15 is 0 Å². The van der Waals surface area contributed by atoms with Crippen molar-refractivity contribution < 1.29 is 13.5 Å². The number of fused-ring (bicyclic) bond motifs is 1. The summed E-state index contributed by atoms with van der Waals surface area (Å²) < 4.78 is 24.2. The van der Waals surface area contributed by atoms with Crippen molar-refractivity contribution in [3.8, 4) is 5.75 Å². The zero-order valence-electron chi connectivity index (χ0n) is 13.6. The van der Waals surface area contributed by atoms with Gasteiger partial charge in [-0.1, -0.05) is 18.2 Å². The first-order valence-corrected chi connectivity index (χ1v) is 7.59. The van der Waals surface area contributed by atoms with E-state index in [4.69, 9.17) is 9.15 Å². The molecule has 0 saturated heterocycles. The van der Waals surface area contributed by atoms with E-state index < -0.39 is 5.63 Å². The maximum Gasteiger partial charge on any atom is 0.336 e. The molecule has 0 atom stereocenters. The van der Waals surface area contributed by atoms with Crippen molar-refractivity contribution in [2.24, 2.45) is 0 Å². The number of rotatable bonds is 5. The summed E-state index contributed by atoms with van der Waals surface area (Å²) >= 11 is 0. The SMILES string of the molecule is COc1ccc2c(CN(C)Cc3ccccc3F)cc(=O)oc2c1. The average Bonchev–Trinajstić information content (AvgIpc) is 2.56. The molecule has 0 unspecified atom stereocenters. The fraction of sp³-hybridized carbons (Fsp3) is 0.211. The molecule has 3 aromatic rings. The highest BCUT2D eigenvalue weighted by Crippen LogP contribution is 2.23. The van der Waals surface area contributed by atoms with Crippen molar-refractivity contribution in [3.63, 3.8) is 0 Å². The van der Waals surface area contributed by atoms with E-state index in [0.29, 0.717) is 30.0 Å². The van der Waals surface area contributed by atoms with Crippen molar-refractivity contribution in [1.29, 1.82) is 0 Å². The zero-order chi connectivity index (χ0) is 17.1. The molecule has 0 aliphatic carbocycles. The van der Waals surface area contributed by atoms with Crippen LogP contribution in [0, 0.1) is 5.82 Å². The van der Waals surface area contributed by atoms with Crippen molar-refractivity contribution in [3.05, 3.63) is 75.9 Å². The molecule has 124 valence electrons. The predicted octanol–water partition coefficient (Wildman–Crippen LogP) is 3.57. The molecule has 24 heavy (non-hydrogen) atoms. The lowest BCUT2D eigenvalue weighted by atomic mass is 10.1. The third-order valence-corrected chi connectivity index (χ3v) is 3.88. The number of methoxy groups -OCH3 is 1. The molecule has 0 amide bonds. The second-order valence-corrected chi connectivity index (χ2v) is 5.72. The first kappa shape index (κ1) is 16.2. The highest BCUT2D eigenvalue weighted by molar-refractivity contribution is 5.81. The van der Waals surface area contributed by atoms with E-state index in [0.717, 1.165) is 10.9 Å². The van der Waals surface area contributed by atoms with Gasteiger partial charge in [0.2, 0.25) is 0 Å². The first-order chi connectivity index (χ1) is 11.6. The van der Waals surface area contributed by atoms with Crippen LogP contribution in [0.1, 0.15) is 11.1 Å². The number of hydrogen-bond acceptors (Lipinski definition) is 4. The van der Waals surface area contributed by atoms with Gasteiger partial charge < -0.3 is 9.15 Å². The van der Waals surface area contributed by atoms with E-state index in [1.165, 1.54) is 12.1 Å². The van der Waals surface area contributed by atoms with Crippen LogP contribution in [-0.2, 0) is 13.1 Å². The molecule has 0 saturated carbocycles. The molecule has 5 heteroatoms. The second-order valence-electron chi connectivity index (χ2n) is 5.72. The molecule has 1 aromatic heterocycles. The van der Waals surface area contributed by atoms with E-state index in [-0.39, 0.29) is 5.82 Å². The Labute approximate surface area is 139 Å². The normalized spacial score (nSPS) is 11.2. The van der Waals surface area contributed by atoms with Crippen LogP contribution in [0.2, 0.25) is 0 Å². The lowest BCUT2D eigenvalue weighted by molar-refractivity contribution is 0.314. The zero-order valence-corrected chi connectivity index (χ0v) is 13.6. The van der Waals surface area contributed by atoms with Crippen LogP contribution < -0.4 is 10.4 Å². The Morgan fingerprint density at radius 1 is 1.08 bits per heavy atom. The van der Waals surface area contributed by atoms with Gasteiger partial charge >= 0.3 is 5.63 Å². The Bertz CT molecular complexity index is 920. The van der Waals surface area contributed by atoms with Gasteiger partial charge in [-0.05, 0) is 30.8 Å². The molecule has 0 fully saturated rings. The minimum atomic E-state index is -0.412. The first-order valence-electron chi connectivity index (χ1n) is 7.59. The molecule has 4 nitrogen and oxygen atoms in total. The second kappa shape index (κ2) is 6.84. The summed E-state index contributed by atoms with van der Waals surface area (Å²) in [5, 5.41) is 0.843. The van der Waals surface area contributed by atoms with Crippen molar-refractivity contribution >= 4 is 11.0 Å². The van der Waals surface area contributed by atoms with Gasteiger partial charge in [0.15, 0.2) is 0 Å². The molecule has 0 radical (unpaired) electrons. The summed E-state index contributed by atoms with van der Waals surface area (Å²) in [6.45, 7) is 0.952. The van der Waals surface area contributed by atoms with Crippen LogP contribution in [0.15, 0.2) is 57.7 Å². The third-order valence-electron chi connectivity index (χ3n) is 3.88. The minimum Gasteiger partial charge on any atom is -0.497 e. The third kappa shape index (κ3) is 3.46. The summed E-state index contributed by atoms with van der Waals surface area (Å²) in [5.41, 5.74) is 1.53. The van der Waals surface area contributed by atoms with Gasteiger partial charge in [-0.15, -0.1) is 0 Å². The van der Waals surface area contributed by atoms with Gasteiger partial charge in [-0.2, -0.15) is 0 Å². The van der Waals surface area contributed by atoms with Gasteiger partial charge in [-0.25, -0.2) is 9.18 Å². The lowest BCUT2D eigenvalue weighted by Gasteiger charge is -2.18. The molecule has 3 rings (SSSR count). The van der Waals surface area contributed by atoms with Gasteiger partial charge in [-0.3, -0.25) is 4.90 Å². The Kier molecular flexibility index (Phi) is 4.62. The van der Waals surface area contributed by atoms with Crippen LogP contribution >= 0.6 is 0 Å². The van der Waals surface area contributed by atoms with Gasteiger partial charge in [0.1, 0.15) is 17.1 Å². The lowest BCUT2D eigenvalue weighted by Crippen LogP contribution is -2.19. The highest BCUT2D eigenvalue weighted by Gasteiger charge is 2.11. The minimum absolute atomic E-state index is 0.230. The fourth-order valence-electron chi connectivity index (χ4n) is 2.73. The summed E-state index contributed by atoms with van der Waals surface area (Å²) in [5.74, 6) is 0.397. The maximum absolute atomic E-state index is 13.8. The molecular weight excluding hydrogens is 309 g/mol. The molecule has 0 spiro atoms. The Morgan fingerprint density at radius 3 is 2.58 bits per heavy atom. The number of nitrogens with zero attached hydrogens (tertiary/aromatic N) is 1. The fourth-order valence-corrected chi connectivity index (χ4v) is 2.73. The molecular formula is C19H18FNO3. The van der Waals surface area contributed by atoms with E-state index in [2.05, 4.69) is 0 Å². The monoisotopic (exact) mass is 327 g/mol. The van der Waals surface area contributed by atoms with Gasteiger partial charge in [0, 0.05) is 36.2 Å². The molecule has 1 heterocycles.